The van der Waals surface area contributed by atoms with Crippen molar-refractivity contribution >= 4 is 27.5 Å². The zero-order valence-electron chi connectivity index (χ0n) is 12.2. The summed E-state index contributed by atoms with van der Waals surface area (Å²) in [5.41, 5.74) is 5.82. The largest absolute Gasteiger partial charge is 0.322 e. The van der Waals surface area contributed by atoms with E-state index in [9.17, 15) is 4.79 Å². The zero-order chi connectivity index (χ0) is 14.9. The van der Waals surface area contributed by atoms with E-state index in [1.807, 2.05) is 58.0 Å². The first-order valence-corrected chi connectivity index (χ1v) is 7.33. The molecule has 0 aliphatic carbocycles. The predicted molar refractivity (Wildman–Crippen MR) is 87.5 cm³/mol. The maximum atomic E-state index is 12.5. The Hall–Kier alpha value is -1.61. The molecule has 2 rings (SSSR count). The second kappa shape index (κ2) is 5.80. The van der Waals surface area contributed by atoms with Crippen molar-refractivity contribution in [3.05, 3.63) is 62.6 Å². The highest BCUT2D eigenvalue weighted by molar-refractivity contribution is 9.10. The van der Waals surface area contributed by atoms with Gasteiger partial charge < -0.3 is 5.32 Å². The fraction of sp³-hybridized carbons (Fsp3) is 0.235. The molecule has 0 saturated carbocycles. The molecular weight excluding hydrogens is 314 g/mol. The Morgan fingerprint density at radius 1 is 1.05 bits per heavy atom. The molecule has 3 heteroatoms. The molecule has 0 fully saturated rings. The van der Waals surface area contributed by atoms with Gasteiger partial charge in [0.2, 0.25) is 0 Å². The lowest BCUT2D eigenvalue weighted by atomic mass is 9.99. The number of halogens is 1. The fourth-order valence-corrected chi connectivity index (χ4v) is 2.83. The summed E-state index contributed by atoms with van der Waals surface area (Å²) in [6.45, 7) is 7.97. The molecule has 0 aliphatic rings. The van der Waals surface area contributed by atoms with Crippen molar-refractivity contribution in [3.63, 3.8) is 0 Å². The van der Waals surface area contributed by atoms with Crippen LogP contribution in [0.25, 0.3) is 0 Å². The number of carbonyl (C=O) groups is 1. The van der Waals surface area contributed by atoms with Gasteiger partial charge in [0.1, 0.15) is 0 Å². The van der Waals surface area contributed by atoms with Crippen molar-refractivity contribution in [1.29, 1.82) is 0 Å². The molecule has 0 aliphatic heterocycles. The van der Waals surface area contributed by atoms with Gasteiger partial charge in [0.05, 0.1) is 0 Å². The van der Waals surface area contributed by atoms with Gasteiger partial charge in [0.15, 0.2) is 0 Å². The summed E-state index contributed by atoms with van der Waals surface area (Å²) in [7, 11) is 0. The first-order chi connectivity index (χ1) is 9.40. The van der Waals surface area contributed by atoms with Crippen molar-refractivity contribution in [3.8, 4) is 0 Å². The van der Waals surface area contributed by atoms with E-state index < -0.39 is 0 Å². The first kappa shape index (κ1) is 14.8. The Bertz CT molecular complexity index is 654. The maximum Gasteiger partial charge on any atom is 0.256 e. The van der Waals surface area contributed by atoms with E-state index in [-0.39, 0.29) is 5.91 Å². The van der Waals surface area contributed by atoms with E-state index in [0.717, 1.165) is 32.4 Å². The average molecular weight is 332 g/mol. The number of aryl methyl sites for hydroxylation is 3. The van der Waals surface area contributed by atoms with E-state index in [4.69, 9.17) is 0 Å². The third kappa shape index (κ3) is 2.93. The number of hydrogen-bond donors (Lipinski definition) is 1. The van der Waals surface area contributed by atoms with Crippen LogP contribution in [0, 0.1) is 27.7 Å². The molecule has 1 amide bonds. The van der Waals surface area contributed by atoms with Crippen LogP contribution in [0.4, 0.5) is 5.69 Å². The maximum absolute atomic E-state index is 12.5. The molecule has 0 radical (unpaired) electrons. The van der Waals surface area contributed by atoms with Crippen molar-refractivity contribution in [2.75, 3.05) is 5.32 Å². The molecule has 2 nitrogen and oxygen atoms in total. The average Bonchev–Trinajstić information content (AvgIpc) is 2.33. The predicted octanol–water partition coefficient (Wildman–Crippen LogP) is 4.94. The van der Waals surface area contributed by atoms with E-state index in [1.165, 1.54) is 5.56 Å². The molecule has 20 heavy (non-hydrogen) atoms. The number of nitrogens with one attached hydrogen (secondary N) is 1. The van der Waals surface area contributed by atoms with Crippen LogP contribution in [0.3, 0.4) is 0 Å². The van der Waals surface area contributed by atoms with Gasteiger partial charge in [-0.05, 0) is 56.5 Å². The summed E-state index contributed by atoms with van der Waals surface area (Å²) in [5, 5.41) is 3.00. The molecule has 0 spiro atoms. The minimum atomic E-state index is -0.0544. The minimum absolute atomic E-state index is 0.0544. The van der Waals surface area contributed by atoms with Gasteiger partial charge in [-0.15, -0.1) is 0 Å². The highest BCUT2D eigenvalue weighted by atomic mass is 79.9. The molecule has 104 valence electrons. The van der Waals surface area contributed by atoms with E-state index in [0.29, 0.717) is 0 Å². The van der Waals surface area contributed by atoms with Crippen LogP contribution in [-0.4, -0.2) is 5.91 Å². The van der Waals surface area contributed by atoms with Crippen LogP contribution in [0.1, 0.15) is 32.6 Å². The van der Waals surface area contributed by atoms with Gasteiger partial charge >= 0.3 is 0 Å². The van der Waals surface area contributed by atoms with Gasteiger partial charge in [-0.1, -0.05) is 39.7 Å². The molecular formula is C17H18BrNO. The Balaban J connectivity index is 2.36. The Labute approximate surface area is 128 Å². The molecule has 2 aromatic carbocycles. The number of hydrogen-bond acceptors (Lipinski definition) is 1. The second-order valence-corrected chi connectivity index (χ2v) is 5.99. The highest BCUT2D eigenvalue weighted by Gasteiger charge is 2.14. The molecule has 1 N–H and O–H groups in total. The zero-order valence-corrected chi connectivity index (χ0v) is 13.8. The summed E-state index contributed by atoms with van der Waals surface area (Å²) in [6, 6.07) is 9.87. The molecule has 0 unspecified atom stereocenters. The van der Waals surface area contributed by atoms with Crippen LogP contribution >= 0.6 is 15.9 Å². The summed E-state index contributed by atoms with van der Waals surface area (Å²) in [5.74, 6) is -0.0544. The van der Waals surface area contributed by atoms with E-state index in [2.05, 4.69) is 21.2 Å². The number of carbonyl (C=O) groups excluding carboxylic acids is 1. The van der Waals surface area contributed by atoms with Crippen LogP contribution in [0.5, 0.6) is 0 Å². The Kier molecular flexibility index (Phi) is 4.29. The topological polar surface area (TPSA) is 29.1 Å². The van der Waals surface area contributed by atoms with E-state index in [1.54, 1.807) is 0 Å². The lowest BCUT2D eigenvalue weighted by molar-refractivity contribution is 0.102. The van der Waals surface area contributed by atoms with Gasteiger partial charge in [0, 0.05) is 15.7 Å². The quantitative estimate of drug-likeness (QED) is 0.830. The lowest BCUT2D eigenvalue weighted by Crippen LogP contribution is -2.16. The minimum Gasteiger partial charge on any atom is -0.322 e. The fourth-order valence-electron chi connectivity index (χ4n) is 2.47. The second-order valence-electron chi connectivity index (χ2n) is 5.14. The number of anilines is 1. The summed E-state index contributed by atoms with van der Waals surface area (Å²) in [4.78, 5) is 12.5. The molecule has 2 aromatic rings. The number of amides is 1. The van der Waals surface area contributed by atoms with Crippen molar-refractivity contribution < 1.29 is 4.79 Å². The summed E-state index contributed by atoms with van der Waals surface area (Å²) < 4.78 is 0.993. The summed E-state index contributed by atoms with van der Waals surface area (Å²) in [6.07, 6.45) is 0. The van der Waals surface area contributed by atoms with Crippen LogP contribution < -0.4 is 5.32 Å². The van der Waals surface area contributed by atoms with Crippen molar-refractivity contribution in [2.24, 2.45) is 0 Å². The number of rotatable bonds is 2. The van der Waals surface area contributed by atoms with Gasteiger partial charge in [0.25, 0.3) is 5.91 Å². The monoisotopic (exact) mass is 331 g/mol. The van der Waals surface area contributed by atoms with Gasteiger partial charge in [-0.25, -0.2) is 0 Å². The Morgan fingerprint density at radius 3 is 2.25 bits per heavy atom. The van der Waals surface area contributed by atoms with E-state index >= 15 is 0 Å². The standard InChI is InChI=1S/C17H18BrNO/c1-10-8-11(2)16(12(3)9-10)17(20)19-15-7-5-6-14(18)13(15)4/h5-9H,1-4H3,(H,19,20). The molecule has 0 aromatic heterocycles. The van der Waals surface area contributed by atoms with Crippen LogP contribution in [-0.2, 0) is 0 Å². The Morgan fingerprint density at radius 2 is 1.65 bits per heavy atom. The molecule has 0 heterocycles. The van der Waals surface area contributed by atoms with Crippen LogP contribution in [0.15, 0.2) is 34.8 Å². The van der Waals surface area contributed by atoms with Gasteiger partial charge in [-0.3, -0.25) is 4.79 Å². The lowest BCUT2D eigenvalue weighted by Gasteiger charge is -2.13. The third-order valence-corrected chi connectivity index (χ3v) is 4.28. The third-order valence-electron chi connectivity index (χ3n) is 3.42. The van der Waals surface area contributed by atoms with Crippen LogP contribution in [0.2, 0.25) is 0 Å². The molecule has 0 saturated heterocycles. The highest BCUT2D eigenvalue weighted by Crippen LogP contribution is 2.25. The SMILES string of the molecule is Cc1cc(C)c(C(=O)Nc2cccc(Br)c2C)c(C)c1. The number of benzene rings is 2. The normalized spacial score (nSPS) is 10.4. The smallest absolute Gasteiger partial charge is 0.256 e. The first-order valence-electron chi connectivity index (χ1n) is 6.54. The van der Waals surface area contributed by atoms with Crippen molar-refractivity contribution in [2.45, 2.75) is 27.7 Å². The molecule has 0 atom stereocenters. The molecule has 0 bridgehead atoms. The van der Waals surface area contributed by atoms with Crippen molar-refractivity contribution in [1.82, 2.24) is 0 Å². The summed E-state index contributed by atoms with van der Waals surface area (Å²) >= 11 is 3.48. The van der Waals surface area contributed by atoms with Gasteiger partial charge in [-0.2, -0.15) is 0 Å².